The second kappa shape index (κ2) is 9.68. The lowest BCUT2D eigenvalue weighted by atomic mass is 9.99. The van der Waals surface area contributed by atoms with Gasteiger partial charge in [-0.2, -0.15) is 5.32 Å². The number of phenols is 1. The van der Waals surface area contributed by atoms with Gasteiger partial charge in [0.05, 0.1) is 19.9 Å². The number of hydrogen-bond acceptors (Lipinski definition) is 6. The third-order valence-corrected chi connectivity index (χ3v) is 6.72. The standard InChI is InChI=1S/C27H23N3O4S/c1-33-20-11-9-19(10-12-20)22-16-21(18-6-4-3-5-7-18)29-30(22)26-25(35-27(32)28-26)15-17-8-13-23(31)24(14-17)34-2/h3-15,22H,16H2,1-2H3,(H,28,31,32)/p+1/t22-/m1/s1. The van der Waals surface area contributed by atoms with Crippen molar-refractivity contribution in [2.75, 3.05) is 14.2 Å². The van der Waals surface area contributed by atoms with Crippen molar-refractivity contribution in [2.24, 2.45) is 5.10 Å². The second-order valence-corrected chi connectivity index (χ2v) is 9.07. The largest absolute Gasteiger partial charge is 0.504 e. The molecule has 0 radical (unpaired) electrons. The maximum absolute atomic E-state index is 12.5. The Labute approximate surface area is 207 Å². The zero-order valence-corrected chi connectivity index (χ0v) is 20.1. The molecule has 35 heavy (non-hydrogen) atoms. The van der Waals surface area contributed by atoms with Crippen LogP contribution in [0, 0.1) is 0 Å². The highest BCUT2D eigenvalue weighted by Crippen LogP contribution is 2.35. The summed E-state index contributed by atoms with van der Waals surface area (Å²) in [5.41, 5.74) is 3.84. The number of rotatable bonds is 5. The number of carbonyl (C=O) groups is 1. The van der Waals surface area contributed by atoms with Gasteiger partial charge in [-0.05, 0) is 47.0 Å². The monoisotopic (exact) mass is 486 g/mol. The average molecular weight is 487 g/mol. The van der Waals surface area contributed by atoms with E-state index in [0.717, 1.165) is 44.8 Å². The number of nitrogens with zero attached hydrogens (tertiary/aromatic N) is 2. The van der Waals surface area contributed by atoms with Crippen LogP contribution >= 0.6 is 11.8 Å². The van der Waals surface area contributed by atoms with E-state index < -0.39 is 0 Å². The van der Waals surface area contributed by atoms with Crippen molar-refractivity contribution in [1.82, 2.24) is 5.32 Å². The molecule has 0 unspecified atom stereocenters. The van der Waals surface area contributed by atoms with E-state index in [-0.39, 0.29) is 17.0 Å². The molecule has 7 nitrogen and oxygen atoms in total. The fraction of sp³-hybridized carbons (Fsp3) is 0.148. The molecule has 0 aromatic heterocycles. The summed E-state index contributed by atoms with van der Waals surface area (Å²) in [7, 11) is 3.15. The SMILES string of the molecule is COc1ccc([C@H]2CC(c3ccccc3)=N/[N+]2=C2/NC(=O)S/C2=C\c2ccc(O)c(OC)c2)cc1. The van der Waals surface area contributed by atoms with Crippen LogP contribution in [-0.2, 0) is 0 Å². The fourth-order valence-electron chi connectivity index (χ4n) is 4.14. The molecular weight excluding hydrogens is 462 g/mol. The Balaban J connectivity index is 1.62. The Morgan fingerprint density at radius 2 is 1.83 bits per heavy atom. The van der Waals surface area contributed by atoms with E-state index in [1.807, 2.05) is 65.4 Å². The maximum Gasteiger partial charge on any atom is 0.372 e. The average Bonchev–Trinajstić information content (AvgIpc) is 3.49. The molecule has 2 aliphatic heterocycles. The molecule has 1 amide bonds. The Bertz CT molecular complexity index is 1360. The van der Waals surface area contributed by atoms with Gasteiger partial charge >= 0.3 is 11.1 Å². The van der Waals surface area contributed by atoms with Gasteiger partial charge in [0.25, 0.3) is 0 Å². The van der Waals surface area contributed by atoms with Gasteiger partial charge in [0, 0.05) is 18.2 Å². The summed E-state index contributed by atoms with van der Waals surface area (Å²) in [6, 6.07) is 22.9. The van der Waals surface area contributed by atoms with Crippen LogP contribution in [0.1, 0.15) is 29.2 Å². The molecule has 0 spiro atoms. The highest BCUT2D eigenvalue weighted by Gasteiger charge is 2.40. The van der Waals surface area contributed by atoms with Gasteiger partial charge in [-0.15, -0.1) is 4.68 Å². The molecule has 1 saturated heterocycles. The van der Waals surface area contributed by atoms with E-state index in [1.54, 1.807) is 25.3 Å². The Hall–Kier alpha value is -4.04. The summed E-state index contributed by atoms with van der Waals surface area (Å²) in [5, 5.41) is 17.7. The van der Waals surface area contributed by atoms with Gasteiger partial charge in [-0.25, -0.2) is 4.79 Å². The Morgan fingerprint density at radius 1 is 1.06 bits per heavy atom. The third kappa shape index (κ3) is 4.65. The first-order chi connectivity index (χ1) is 17.1. The Kier molecular flexibility index (Phi) is 6.29. The number of carbonyl (C=O) groups excluding carboxylic acids is 1. The van der Waals surface area contributed by atoms with Crippen molar-refractivity contribution < 1.29 is 24.1 Å². The first-order valence-electron chi connectivity index (χ1n) is 11.1. The van der Waals surface area contributed by atoms with Crippen molar-refractivity contribution in [1.29, 1.82) is 0 Å². The van der Waals surface area contributed by atoms with Crippen LogP contribution in [0.15, 0.2) is 82.8 Å². The topological polar surface area (TPSA) is 83.2 Å². The molecule has 0 bridgehead atoms. The quantitative estimate of drug-likeness (QED) is 0.487. The number of hydrazone groups is 1. The van der Waals surface area contributed by atoms with E-state index in [2.05, 4.69) is 5.32 Å². The van der Waals surface area contributed by atoms with Crippen LogP contribution < -0.4 is 14.8 Å². The molecule has 0 saturated carbocycles. The van der Waals surface area contributed by atoms with E-state index in [1.165, 1.54) is 7.11 Å². The van der Waals surface area contributed by atoms with Gasteiger partial charge in [-0.3, -0.25) is 0 Å². The summed E-state index contributed by atoms with van der Waals surface area (Å²) in [4.78, 5) is 13.2. The van der Waals surface area contributed by atoms with Gasteiger partial charge in [0.1, 0.15) is 10.7 Å². The van der Waals surface area contributed by atoms with Crippen molar-refractivity contribution in [3.05, 3.63) is 94.4 Å². The van der Waals surface area contributed by atoms with Crippen molar-refractivity contribution in [2.45, 2.75) is 12.5 Å². The molecule has 3 aromatic rings. The maximum atomic E-state index is 12.5. The number of phenolic OH excluding ortho intramolecular Hbond substituents is 1. The summed E-state index contributed by atoms with van der Waals surface area (Å²) >= 11 is 1.11. The fourth-order valence-corrected chi connectivity index (χ4v) is 4.93. The van der Waals surface area contributed by atoms with Crippen LogP contribution in [0.25, 0.3) is 6.08 Å². The second-order valence-electron chi connectivity index (χ2n) is 8.05. The molecule has 0 aliphatic carbocycles. The van der Waals surface area contributed by atoms with Crippen molar-refractivity contribution in [3.8, 4) is 17.2 Å². The molecule has 2 N–H and O–H groups in total. The number of hydrogen-bond donors (Lipinski definition) is 2. The minimum Gasteiger partial charge on any atom is -0.504 e. The summed E-state index contributed by atoms with van der Waals surface area (Å²) in [6.45, 7) is 0. The molecule has 5 rings (SSSR count). The van der Waals surface area contributed by atoms with Crippen LogP contribution in [0.4, 0.5) is 4.79 Å². The predicted molar refractivity (Wildman–Crippen MR) is 137 cm³/mol. The number of amidine groups is 1. The number of nitrogens with one attached hydrogen (secondary N) is 1. The number of thioether (sulfide) groups is 1. The van der Waals surface area contributed by atoms with Crippen LogP contribution in [0.2, 0.25) is 0 Å². The van der Waals surface area contributed by atoms with E-state index in [4.69, 9.17) is 14.6 Å². The molecule has 1 atom stereocenters. The molecule has 1 fully saturated rings. The summed E-state index contributed by atoms with van der Waals surface area (Å²) < 4.78 is 12.5. The number of benzene rings is 3. The van der Waals surface area contributed by atoms with Crippen molar-refractivity contribution >= 4 is 34.6 Å². The molecule has 2 aliphatic rings. The summed E-state index contributed by atoms with van der Waals surface area (Å²) in [5.74, 6) is 1.83. The van der Waals surface area contributed by atoms with E-state index in [0.29, 0.717) is 18.0 Å². The smallest absolute Gasteiger partial charge is 0.372 e. The zero-order chi connectivity index (χ0) is 24.4. The van der Waals surface area contributed by atoms with Gasteiger partial charge in [0.15, 0.2) is 17.5 Å². The Morgan fingerprint density at radius 3 is 2.54 bits per heavy atom. The number of ether oxygens (including phenoxy) is 2. The number of methoxy groups -OCH3 is 2. The lowest BCUT2D eigenvalue weighted by Gasteiger charge is -2.11. The third-order valence-electron chi connectivity index (χ3n) is 5.91. The predicted octanol–water partition coefficient (Wildman–Crippen LogP) is 5.17. The molecule has 3 aromatic carbocycles. The molecule has 2 heterocycles. The molecule has 176 valence electrons. The molecular formula is C27H24N3O4S+. The van der Waals surface area contributed by atoms with Gasteiger partial charge in [0.2, 0.25) is 0 Å². The first kappa shape index (κ1) is 22.7. The lowest BCUT2D eigenvalue weighted by molar-refractivity contribution is -0.568. The van der Waals surface area contributed by atoms with Gasteiger partial charge < -0.3 is 14.6 Å². The molecule has 8 heteroatoms. The highest BCUT2D eigenvalue weighted by atomic mass is 32.2. The zero-order valence-electron chi connectivity index (χ0n) is 19.3. The minimum atomic E-state index is -0.172. The first-order valence-corrected chi connectivity index (χ1v) is 11.9. The number of aromatic hydroxyl groups is 1. The van der Waals surface area contributed by atoms with E-state index >= 15 is 0 Å². The summed E-state index contributed by atoms with van der Waals surface area (Å²) in [6.07, 6.45) is 2.57. The van der Waals surface area contributed by atoms with Crippen LogP contribution in [-0.4, -0.2) is 40.8 Å². The minimum absolute atomic E-state index is 0.0587. The number of amides is 1. The van der Waals surface area contributed by atoms with E-state index in [9.17, 15) is 9.90 Å². The van der Waals surface area contributed by atoms with Crippen molar-refractivity contribution in [3.63, 3.8) is 0 Å². The van der Waals surface area contributed by atoms with Gasteiger partial charge in [-0.1, -0.05) is 53.6 Å². The van der Waals surface area contributed by atoms with Crippen LogP contribution in [0.5, 0.6) is 17.2 Å². The lowest BCUT2D eigenvalue weighted by Crippen LogP contribution is -2.29. The van der Waals surface area contributed by atoms with Crippen LogP contribution in [0.3, 0.4) is 0 Å². The highest BCUT2D eigenvalue weighted by molar-refractivity contribution is 8.18. The normalized spacial score (nSPS) is 20.6.